The molecule has 2 aromatic carbocycles. The highest BCUT2D eigenvalue weighted by Gasteiger charge is 2.20. The molecule has 0 saturated heterocycles. The Morgan fingerprint density at radius 2 is 1.92 bits per heavy atom. The molecule has 0 aliphatic heterocycles. The van der Waals surface area contributed by atoms with Gasteiger partial charge >= 0.3 is 0 Å². The second kappa shape index (κ2) is 5.72. The summed E-state index contributed by atoms with van der Waals surface area (Å²) < 4.78 is 2.82. The third-order valence-corrected chi connectivity index (χ3v) is 5.88. The summed E-state index contributed by atoms with van der Waals surface area (Å²) in [5, 5.41) is 13.8. The molecule has 0 atom stereocenters. The zero-order chi connectivity index (χ0) is 17.7. The Hall–Kier alpha value is -3.10. The Kier molecular flexibility index (Phi) is 3.34. The predicted molar refractivity (Wildman–Crippen MR) is 104 cm³/mol. The fourth-order valence-electron chi connectivity index (χ4n) is 2.92. The summed E-state index contributed by atoms with van der Waals surface area (Å²) in [5.41, 5.74) is 3.62. The van der Waals surface area contributed by atoms with Gasteiger partial charge in [0.05, 0.1) is 15.1 Å². The number of nitro benzene ring substituents is 1. The molecule has 0 N–H and O–H groups in total. The molecule has 0 amide bonds. The molecule has 0 aliphatic rings. The maximum Gasteiger partial charge on any atom is 0.270 e. The van der Waals surface area contributed by atoms with Gasteiger partial charge in [-0.2, -0.15) is 0 Å². The lowest BCUT2D eigenvalue weighted by Gasteiger charge is -2.01. The normalized spacial score (nSPS) is 11.4. The van der Waals surface area contributed by atoms with Crippen molar-refractivity contribution in [1.29, 1.82) is 0 Å². The van der Waals surface area contributed by atoms with E-state index in [-0.39, 0.29) is 10.6 Å². The van der Waals surface area contributed by atoms with Crippen LogP contribution in [0, 0.1) is 10.1 Å². The van der Waals surface area contributed by atoms with Gasteiger partial charge < -0.3 is 0 Å². The first-order valence-electron chi connectivity index (χ1n) is 7.77. The van der Waals surface area contributed by atoms with Crippen molar-refractivity contribution in [3.8, 4) is 22.0 Å². The molecule has 0 saturated carbocycles. The fourth-order valence-corrected chi connectivity index (χ4v) is 4.67. The van der Waals surface area contributed by atoms with Crippen LogP contribution in [0.1, 0.15) is 0 Å². The van der Waals surface area contributed by atoms with Gasteiger partial charge in [-0.3, -0.25) is 14.5 Å². The molecule has 0 radical (unpaired) electrons. The third kappa shape index (κ3) is 2.31. The highest BCUT2D eigenvalue weighted by Crippen LogP contribution is 2.38. The molecule has 5 rings (SSSR count). The molecule has 3 aromatic heterocycles. The second-order valence-electron chi connectivity index (χ2n) is 5.66. The van der Waals surface area contributed by atoms with Gasteiger partial charge in [0.1, 0.15) is 16.4 Å². The van der Waals surface area contributed by atoms with E-state index in [1.807, 2.05) is 46.3 Å². The zero-order valence-corrected chi connectivity index (χ0v) is 14.8. The van der Waals surface area contributed by atoms with Crippen molar-refractivity contribution >= 4 is 43.5 Å². The molecular weight excluding hydrogens is 368 g/mol. The smallest absolute Gasteiger partial charge is 0.270 e. The van der Waals surface area contributed by atoms with Crippen LogP contribution in [0.4, 0.5) is 5.69 Å². The Labute approximate surface area is 155 Å². The summed E-state index contributed by atoms with van der Waals surface area (Å²) in [5.74, 6) is 0. The van der Waals surface area contributed by atoms with Crippen LogP contribution < -0.4 is 0 Å². The first kappa shape index (κ1) is 15.2. The summed E-state index contributed by atoms with van der Waals surface area (Å²) >= 11 is 3.01. The molecule has 5 aromatic rings. The molecule has 3 heterocycles. The van der Waals surface area contributed by atoms with Gasteiger partial charge in [0, 0.05) is 29.3 Å². The Morgan fingerprint density at radius 3 is 2.73 bits per heavy atom. The monoisotopic (exact) mass is 378 g/mol. The molecule has 0 spiro atoms. The lowest BCUT2D eigenvalue weighted by molar-refractivity contribution is -0.384. The van der Waals surface area contributed by atoms with Crippen LogP contribution in [-0.4, -0.2) is 19.3 Å². The summed E-state index contributed by atoms with van der Waals surface area (Å²) in [6, 6.07) is 14.7. The molecular formula is C18H10N4O2S2. The van der Waals surface area contributed by atoms with Crippen LogP contribution in [0.15, 0.2) is 60.1 Å². The number of aromatic nitrogens is 3. The van der Waals surface area contributed by atoms with E-state index >= 15 is 0 Å². The first-order valence-corrected chi connectivity index (χ1v) is 9.46. The van der Waals surface area contributed by atoms with Gasteiger partial charge in [-0.15, -0.1) is 22.7 Å². The molecule has 126 valence electrons. The number of benzene rings is 2. The van der Waals surface area contributed by atoms with Crippen molar-refractivity contribution in [2.45, 2.75) is 0 Å². The van der Waals surface area contributed by atoms with Gasteiger partial charge in [-0.1, -0.05) is 30.3 Å². The van der Waals surface area contributed by atoms with Crippen molar-refractivity contribution in [2.75, 3.05) is 0 Å². The van der Waals surface area contributed by atoms with Gasteiger partial charge in [-0.25, -0.2) is 9.97 Å². The number of nitro groups is 1. The van der Waals surface area contributed by atoms with E-state index in [1.165, 1.54) is 17.4 Å². The van der Waals surface area contributed by atoms with E-state index in [9.17, 15) is 10.1 Å². The van der Waals surface area contributed by atoms with Gasteiger partial charge in [0.15, 0.2) is 4.96 Å². The number of hydrogen-bond donors (Lipinski definition) is 0. The van der Waals surface area contributed by atoms with E-state index < -0.39 is 0 Å². The Balaban J connectivity index is 1.77. The number of non-ortho nitro benzene ring substituents is 1. The molecule has 26 heavy (non-hydrogen) atoms. The van der Waals surface area contributed by atoms with E-state index in [4.69, 9.17) is 9.97 Å². The lowest BCUT2D eigenvalue weighted by atomic mass is 10.1. The fraction of sp³-hybridized carbons (Fsp3) is 0. The minimum atomic E-state index is -0.385. The quantitative estimate of drug-likeness (QED) is 0.317. The van der Waals surface area contributed by atoms with Crippen LogP contribution in [-0.2, 0) is 0 Å². The summed E-state index contributed by atoms with van der Waals surface area (Å²) in [7, 11) is 0. The van der Waals surface area contributed by atoms with Crippen molar-refractivity contribution < 1.29 is 4.92 Å². The number of hydrogen-bond acceptors (Lipinski definition) is 6. The second-order valence-corrected chi connectivity index (χ2v) is 7.56. The highest BCUT2D eigenvalue weighted by atomic mass is 32.1. The summed E-state index contributed by atoms with van der Waals surface area (Å²) in [4.78, 5) is 21.0. The average Bonchev–Trinajstić information content (AvgIpc) is 3.34. The van der Waals surface area contributed by atoms with Crippen LogP contribution in [0.25, 0.3) is 37.1 Å². The molecule has 6 nitrogen and oxygen atoms in total. The first-order chi connectivity index (χ1) is 12.7. The molecule has 0 bridgehead atoms. The maximum atomic E-state index is 11.0. The highest BCUT2D eigenvalue weighted by molar-refractivity contribution is 7.21. The predicted octanol–water partition coefficient (Wildman–Crippen LogP) is 5.25. The maximum absolute atomic E-state index is 11.0. The third-order valence-electron chi connectivity index (χ3n) is 4.09. The number of imidazole rings is 1. The molecule has 0 aliphatic carbocycles. The van der Waals surface area contributed by atoms with Crippen LogP contribution >= 0.6 is 22.7 Å². The van der Waals surface area contributed by atoms with Crippen molar-refractivity contribution in [1.82, 2.24) is 14.4 Å². The lowest BCUT2D eigenvalue weighted by Crippen LogP contribution is -1.87. The van der Waals surface area contributed by atoms with Gasteiger partial charge in [-0.05, 0) is 6.07 Å². The topological polar surface area (TPSA) is 73.3 Å². The van der Waals surface area contributed by atoms with E-state index in [0.717, 1.165) is 37.1 Å². The standard InChI is InChI=1S/C18H10N4O2S2/c23-22(24)12-6-7-13-14(10-12)26-17(19-13)16-15(11-4-2-1-3-5-11)20-18-21(16)8-9-25-18/h1-10H. The number of rotatable bonds is 3. The van der Waals surface area contributed by atoms with Crippen LogP contribution in [0.5, 0.6) is 0 Å². The minimum absolute atomic E-state index is 0.0740. The number of nitrogens with zero attached hydrogens (tertiary/aromatic N) is 4. The zero-order valence-electron chi connectivity index (χ0n) is 13.2. The SMILES string of the molecule is O=[N+]([O-])c1ccc2nc(-c3c(-c4ccccc4)nc4sccn34)sc2c1. The van der Waals surface area contributed by atoms with Gasteiger partial charge in [0.2, 0.25) is 0 Å². The summed E-state index contributed by atoms with van der Waals surface area (Å²) in [6.45, 7) is 0. The largest absolute Gasteiger partial charge is 0.287 e. The molecule has 0 fully saturated rings. The Bertz CT molecular complexity index is 1270. The molecule has 0 unspecified atom stereocenters. The Morgan fingerprint density at radius 1 is 1.08 bits per heavy atom. The number of fused-ring (bicyclic) bond motifs is 2. The summed E-state index contributed by atoms with van der Waals surface area (Å²) in [6.07, 6.45) is 1.98. The van der Waals surface area contributed by atoms with Crippen molar-refractivity contribution in [3.63, 3.8) is 0 Å². The van der Waals surface area contributed by atoms with Crippen LogP contribution in [0.3, 0.4) is 0 Å². The molecule has 8 heteroatoms. The number of thiazole rings is 2. The average molecular weight is 378 g/mol. The van der Waals surface area contributed by atoms with E-state index in [0.29, 0.717) is 0 Å². The van der Waals surface area contributed by atoms with Gasteiger partial charge in [0.25, 0.3) is 5.69 Å². The van der Waals surface area contributed by atoms with Crippen molar-refractivity contribution in [2.24, 2.45) is 0 Å². The minimum Gasteiger partial charge on any atom is -0.287 e. The van der Waals surface area contributed by atoms with Crippen molar-refractivity contribution in [3.05, 3.63) is 70.2 Å². The van der Waals surface area contributed by atoms with E-state index in [1.54, 1.807) is 23.5 Å². The van der Waals surface area contributed by atoms with Crippen LogP contribution in [0.2, 0.25) is 0 Å². The van der Waals surface area contributed by atoms with E-state index in [2.05, 4.69) is 0 Å².